The minimum atomic E-state index is -0.662. The van der Waals surface area contributed by atoms with Gasteiger partial charge in [-0.25, -0.2) is 4.98 Å². The van der Waals surface area contributed by atoms with Crippen LogP contribution < -0.4 is 0 Å². The lowest BCUT2D eigenvalue weighted by Crippen LogP contribution is -2.32. The summed E-state index contributed by atoms with van der Waals surface area (Å²) in [5, 5.41) is 11.5. The summed E-state index contributed by atoms with van der Waals surface area (Å²) in [6, 6.07) is 10.9. The smallest absolute Gasteiger partial charge is 0.295 e. The number of benzene rings is 1. The van der Waals surface area contributed by atoms with Gasteiger partial charge in [0.2, 0.25) is 0 Å². The van der Waals surface area contributed by atoms with E-state index in [9.17, 15) is 14.7 Å². The summed E-state index contributed by atoms with van der Waals surface area (Å²) in [4.78, 5) is 34.6. The van der Waals surface area contributed by atoms with Crippen LogP contribution in [0, 0.1) is 20.8 Å². The summed E-state index contributed by atoms with van der Waals surface area (Å²) in [5.41, 5.74) is 4.70. The van der Waals surface area contributed by atoms with E-state index in [1.807, 2.05) is 75.4 Å². The average molecular weight is 447 g/mol. The van der Waals surface area contributed by atoms with Crippen molar-refractivity contribution >= 4 is 23.1 Å². The number of Topliss-reactive ketones (excluding diaryl/α,β-unsaturated/α-hetero) is 1. The van der Waals surface area contributed by atoms with Crippen molar-refractivity contribution in [2.24, 2.45) is 0 Å². The van der Waals surface area contributed by atoms with E-state index in [1.165, 1.54) is 0 Å². The van der Waals surface area contributed by atoms with Crippen LogP contribution in [0.5, 0.6) is 0 Å². The molecular weight excluding hydrogens is 416 g/mol. The minimum absolute atomic E-state index is 0.111. The molecule has 3 heterocycles. The first-order valence-corrected chi connectivity index (χ1v) is 11.1. The highest BCUT2D eigenvalue weighted by Crippen LogP contribution is 2.40. The lowest BCUT2D eigenvalue weighted by atomic mass is 9.95. The van der Waals surface area contributed by atoms with E-state index in [0.29, 0.717) is 23.6 Å². The highest BCUT2D eigenvalue weighted by atomic mass is 16.3. The van der Waals surface area contributed by atoms with Crippen molar-refractivity contribution in [3.05, 3.63) is 76.2 Å². The second-order valence-corrected chi connectivity index (χ2v) is 8.99. The maximum absolute atomic E-state index is 13.3. The molecule has 0 unspecified atom stereocenters. The number of ketones is 1. The Morgan fingerprint density at radius 2 is 1.79 bits per heavy atom. The molecule has 1 aliphatic heterocycles. The number of hydrogen-bond acceptors (Lipinski definition) is 5. The Morgan fingerprint density at radius 1 is 1.09 bits per heavy atom. The van der Waals surface area contributed by atoms with Gasteiger partial charge in [-0.1, -0.05) is 35.9 Å². The molecule has 1 aromatic carbocycles. The first-order valence-electron chi connectivity index (χ1n) is 11.1. The molecule has 1 N–H and O–H groups in total. The summed E-state index contributed by atoms with van der Waals surface area (Å²) in [5.74, 6) is -1.43. The van der Waals surface area contributed by atoms with Crippen molar-refractivity contribution in [3.8, 4) is 0 Å². The van der Waals surface area contributed by atoms with Crippen LogP contribution in [0.1, 0.15) is 40.5 Å². The Labute approximate surface area is 194 Å². The molecule has 1 aliphatic rings. The molecule has 1 amide bonds. The van der Waals surface area contributed by atoms with Crippen molar-refractivity contribution in [1.82, 2.24) is 19.2 Å². The van der Waals surface area contributed by atoms with Crippen LogP contribution >= 0.6 is 0 Å². The number of carbonyl (C=O) groups excluding carboxylic acids is 2. The van der Waals surface area contributed by atoms with Crippen molar-refractivity contribution in [1.29, 1.82) is 0 Å². The fourth-order valence-corrected chi connectivity index (χ4v) is 4.49. The number of amides is 1. The number of imidazole rings is 1. The number of pyridine rings is 1. The zero-order chi connectivity index (χ0) is 23.9. The van der Waals surface area contributed by atoms with Crippen LogP contribution in [0.4, 0.5) is 0 Å². The minimum Gasteiger partial charge on any atom is -0.505 e. The highest BCUT2D eigenvalue weighted by molar-refractivity contribution is 6.46. The highest BCUT2D eigenvalue weighted by Gasteiger charge is 2.46. The molecule has 0 spiro atoms. The second kappa shape index (κ2) is 8.83. The van der Waals surface area contributed by atoms with Crippen LogP contribution in [0.15, 0.2) is 48.2 Å². The van der Waals surface area contributed by atoms with E-state index in [1.54, 1.807) is 16.2 Å². The third kappa shape index (κ3) is 4.04. The zero-order valence-corrected chi connectivity index (χ0v) is 19.8. The van der Waals surface area contributed by atoms with E-state index in [2.05, 4.69) is 4.98 Å². The molecule has 1 fully saturated rings. The third-order valence-corrected chi connectivity index (χ3v) is 6.18. The van der Waals surface area contributed by atoms with E-state index in [4.69, 9.17) is 0 Å². The summed E-state index contributed by atoms with van der Waals surface area (Å²) in [6.07, 6.45) is 2.53. The Hall–Kier alpha value is -3.45. The van der Waals surface area contributed by atoms with Gasteiger partial charge in [0.25, 0.3) is 11.7 Å². The molecule has 33 heavy (non-hydrogen) atoms. The van der Waals surface area contributed by atoms with Gasteiger partial charge in [0.1, 0.15) is 11.3 Å². The molecule has 0 radical (unpaired) electrons. The van der Waals surface area contributed by atoms with Crippen LogP contribution in [0.25, 0.3) is 11.4 Å². The summed E-state index contributed by atoms with van der Waals surface area (Å²) in [7, 11) is 3.95. The number of carbonyl (C=O) groups is 2. The number of likely N-dealkylation sites (tertiary alicyclic amines) is 1. The molecule has 1 saturated heterocycles. The van der Waals surface area contributed by atoms with Gasteiger partial charge in [0.15, 0.2) is 5.76 Å². The SMILES string of the molecule is Cc1ccc([C@@H]2C(=C(O)c3c(C)nc4c(C)cccn34)C(=O)C(=O)N2CCCN(C)C)cc1. The number of nitrogens with zero attached hydrogens (tertiary/aromatic N) is 4. The number of fused-ring (bicyclic) bond motifs is 1. The van der Waals surface area contributed by atoms with Crippen LogP contribution in [0.3, 0.4) is 0 Å². The first-order chi connectivity index (χ1) is 15.7. The predicted molar refractivity (Wildman–Crippen MR) is 128 cm³/mol. The average Bonchev–Trinajstić information content (AvgIpc) is 3.23. The lowest BCUT2D eigenvalue weighted by Gasteiger charge is -2.26. The second-order valence-electron chi connectivity index (χ2n) is 8.99. The van der Waals surface area contributed by atoms with Gasteiger partial charge < -0.3 is 14.9 Å². The largest absolute Gasteiger partial charge is 0.505 e. The third-order valence-electron chi connectivity index (χ3n) is 6.18. The molecule has 0 aliphatic carbocycles. The maximum atomic E-state index is 13.3. The van der Waals surface area contributed by atoms with Crippen LogP contribution in [0.2, 0.25) is 0 Å². The normalized spacial score (nSPS) is 18.1. The molecule has 7 heteroatoms. The standard InChI is InChI=1S/C26H30N4O3/c1-16-9-11-19(12-10-16)22-20(24(32)26(33)30(22)15-7-13-28(4)5)23(31)21-18(3)27-25-17(2)8-6-14-29(21)25/h6,8-12,14,22,31H,7,13,15H2,1-5H3/t22-/m1/s1. The molecular formula is C26H30N4O3. The monoisotopic (exact) mass is 446 g/mol. The molecule has 0 saturated carbocycles. The number of aryl methyl sites for hydroxylation is 3. The fraction of sp³-hybridized carbons (Fsp3) is 0.346. The Bertz CT molecular complexity index is 1250. The number of aliphatic hydroxyl groups excluding tert-OH is 1. The van der Waals surface area contributed by atoms with Gasteiger partial charge >= 0.3 is 0 Å². The van der Waals surface area contributed by atoms with Gasteiger partial charge in [-0.3, -0.25) is 14.0 Å². The summed E-state index contributed by atoms with van der Waals surface area (Å²) in [6.45, 7) is 6.94. The van der Waals surface area contributed by atoms with Crippen LogP contribution in [-0.2, 0) is 9.59 Å². The first kappa shape index (κ1) is 22.7. The molecule has 172 valence electrons. The van der Waals surface area contributed by atoms with Crippen molar-refractivity contribution in [2.45, 2.75) is 33.2 Å². The number of hydrogen-bond donors (Lipinski definition) is 1. The van der Waals surface area contributed by atoms with E-state index >= 15 is 0 Å². The number of rotatable bonds is 6. The van der Waals surface area contributed by atoms with Crippen LogP contribution in [-0.4, -0.2) is 63.2 Å². The molecule has 1 atom stereocenters. The molecule has 7 nitrogen and oxygen atoms in total. The van der Waals surface area contributed by atoms with Gasteiger partial charge in [0.05, 0.1) is 17.3 Å². The molecule has 4 rings (SSSR count). The summed E-state index contributed by atoms with van der Waals surface area (Å²) >= 11 is 0. The van der Waals surface area contributed by atoms with E-state index in [0.717, 1.165) is 29.7 Å². The predicted octanol–water partition coefficient (Wildman–Crippen LogP) is 3.63. The topological polar surface area (TPSA) is 78.1 Å². The molecule has 0 bridgehead atoms. The van der Waals surface area contributed by atoms with Gasteiger partial charge in [-0.05, 0) is 65.0 Å². The lowest BCUT2D eigenvalue weighted by molar-refractivity contribution is -0.139. The van der Waals surface area contributed by atoms with Gasteiger partial charge in [-0.15, -0.1) is 0 Å². The van der Waals surface area contributed by atoms with Crippen molar-refractivity contribution < 1.29 is 14.7 Å². The van der Waals surface area contributed by atoms with Crippen molar-refractivity contribution in [2.75, 3.05) is 27.2 Å². The van der Waals surface area contributed by atoms with E-state index in [-0.39, 0.29) is 11.3 Å². The quantitative estimate of drug-likeness (QED) is 0.355. The maximum Gasteiger partial charge on any atom is 0.295 e. The summed E-state index contributed by atoms with van der Waals surface area (Å²) < 4.78 is 1.78. The fourth-order valence-electron chi connectivity index (χ4n) is 4.49. The zero-order valence-electron chi connectivity index (χ0n) is 19.8. The Balaban J connectivity index is 1.89. The molecule has 3 aromatic rings. The number of aromatic nitrogens is 2. The Morgan fingerprint density at radius 3 is 2.45 bits per heavy atom. The van der Waals surface area contributed by atoms with Gasteiger partial charge in [0, 0.05) is 12.7 Å². The Kier molecular flexibility index (Phi) is 6.08. The van der Waals surface area contributed by atoms with Crippen molar-refractivity contribution in [3.63, 3.8) is 0 Å². The van der Waals surface area contributed by atoms with Gasteiger partial charge in [-0.2, -0.15) is 0 Å². The number of aliphatic hydroxyl groups is 1. The molecule has 2 aromatic heterocycles. The van der Waals surface area contributed by atoms with E-state index < -0.39 is 17.7 Å².